The molecular formula is C16H24N2O2. The quantitative estimate of drug-likeness (QED) is 0.892. The number of carboxylic acids is 1. The molecule has 4 heteroatoms. The van der Waals surface area contributed by atoms with E-state index in [0.717, 1.165) is 26.1 Å². The Hall–Kier alpha value is -1.39. The Labute approximate surface area is 121 Å². The van der Waals surface area contributed by atoms with Gasteiger partial charge in [-0.05, 0) is 31.5 Å². The summed E-state index contributed by atoms with van der Waals surface area (Å²) in [4.78, 5) is 15.3. The predicted molar refractivity (Wildman–Crippen MR) is 79.6 cm³/mol. The number of hydrogen-bond acceptors (Lipinski definition) is 3. The van der Waals surface area contributed by atoms with Crippen molar-refractivity contribution in [1.82, 2.24) is 9.80 Å². The molecule has 2 atom stereocenters. The van der Waals surface area contributed by atoms with E-state index in [1.165, 1.54) is 5.56 Å². The lowest BCUT2D eigenvalue weighted by Gasteiger charge is -2.40. The number of likely N-dealkylation sites (tertiary alicyclic amines) is 1. The van der Waals surface area contributed by atoms with Crippen molar-refractivity contribution in [2.24, 2.45) is 5.92 Å². The fourth-order valence-corrected chi connectivity index (χ4v) is 3.19. The number of benzene rings is 1. The minimum absolute atomic E-state index is 0.133. The topological polar surface area (TPSA) is 43.8 Å². The zero-order chi connectivity index (χ0) is 14.5. The third-order valence-electron chi connectivity index (χ3n) is 4.14. The predicted octanol–water partition coefficient (Wildman–Crippen LogP) is 1.91. The van der Waals surface area contributed by atoms with Crippen LogP contribution in [-0.4, -0.2) is 53.6 Å². The Bertz CT molecular complexity index is 435. The van der Waals surface area contributed by atoms with Crippen LogP contribution in [0.5, 0.6) is 0 Å². The van der Waals surface area contributed by atoms with Crippen LogP contribution in [-0.2, 0) is 11.3 Å². The Balaban J connectivity index is 1.87. The number of aliphatic carboxylic acids is 1. The van der Waals surface area contributed by atoms with Crippen LogP contribution in [0, 0.1) is 5.92 Å². The molecule has 1 saturated heterocycles. The molecule has 0 unspecified atom stereocenters. The van der Waals surface area contributed by atoms with Gasteiger partial charge in [0.15, 0.2) is 0 Å². The van der Waals surface area contributed by atoms with Gasteiger partial charge in [0.1, 0.15) is 0 Å². The van der Waals surface area contributed by atoms with Crippen molar-refractivity contribution in [3.05, 3.63) is 35.9 Å². The van der Waals surface area contributed by atoms with E-state index in [2.05, 4.69) is 36.1 Å². The zero-order valence-corrected chi connectivity index (χ0v) is 12.3. The van der Waals surface area contributed by atoms with Crippen molar-refractivity contribution < 1.29 is 9.90 Å². The Kier molecular flexibility index (Phi) is 5.15. The molecule has 1 aliphatic heterocycles. The van der Waals surface area contributed by atoms with Crippen LogP contribution in [0.25, 0.3) is 0 Å². The van der Waals surface area contributed by atoms with Gasteiger partial charge in [0.2, 0.25) is 0 Å². The van der Waals surface area contributed by atoms with Gasteiger partial charge >= 0.3 is 5.97 Å². The standard InChI is InChI=1S/C16H24N2O2/c1-13-10-18(11-14-6-4-3-5-7-14)9-8-15(13)17(2)12-16(19)20/h3-7,13,15H,8-12H2,1-2H3,(H,19,20)/t13-,15-/m1/s1. The number of carboxylic acid groups (broad SMARTS) is 1. The molecular weight excluding hydrogens is 252 g/mol. The molecule has 0 bridgehead atoms. The van der Waals surface area contributed by atoms with Gasteiger partial charge in [0.25, 0.3) is 0 Å². The van der Waals surface area contributed by atoms with E-state index < -0.39 is 5.97 Å². The molecule has 0 aliphatic carbocycles. The number of rotatable bonds is 5. The summed E-state index contributed by atoms with van der Waals surface area (Å²) in [6.07, 6.45) is 1.04. The van der Waals surface area contributed by atoms with E-state index in [1.807, 2.05) is 18.0 Å². The molecule has 1 aromatic carbocycles. The molecule has 0 radical (unpaired) electrons. The fourth-order valence-electron chi connectivity index (χ4n) is 3.19. The molecule has 1 fully saturated rings. The zero-order valence-electron chi connectivity index (χ0n) is 12.3. The van der Waals surface area contributed by atoms with Gasteiger partial charge in [-0.2, -0.15) is 0 Å². The summed E-state index contributed by atoms with van der Waals surface area (Å²) in [5.74, 6) is -0.247. The maximum absolute atomic E-state index is 10.8. The molecule has 1 aliphatic rings. The highest BCUT2D eigenvalue weighted by atomic mass is 16.4. The molecule has 1 heterocycles. The van der Waals surface area contributed by atoms with Crippen molar-refractivity contribution in [3.8, 4) is 0 Å². The third-order valence-corrected chi connectivity index (χ3v) is 4.14. The molecule has 1 N–H and O–H groups in total. The van der Waals surface area contributed by atoms with Crippen molar-refractivity contribution in [1.29, 1.82) is 0 Å². The molecule has 4 nitrogen and oxygen atoms in total. The van der Waals surface area contributed by atoms with E-state index >= 15 is 0 Å². The molecule has 0 spiro atoms. The van der Waals surface area contributed by atoms with E-state index in [-0.39, 0.29) is 6.54 Å². The number of piperidine rings is 1. The molecule has 0 aromatic heterocycles. The summed E-state index contributed by atoms with van der Waals surface area (Å²) in [5, 5.41) is 8.90. The highest BCUT2D eigenvalue weighted by molar-refractivity contribution is 5.69. The van der Waals surface area contributed by atoms with Crippen molar-refractivity contribution in [2.45, 2.75) is 25.9 Å². The maximum Gasteiger partial charge on any atom is 0.317 e. The average Bonchev–Trinajstić information content (AvgIpc) is 2.39. The van der Waals surface area contributed by atoms with Gasteiger partial charge in [0.05, 0.1) is 6.54 Å². The summed E-state index contributed by atoms with van der Waals surface area (Å²) in [6, 6.07) is 10.9. The summed E-state index contributed by atoms with van der Waals surface area (Å²) in [6.45, 7) is 5.41. The molecule has 0 amide bonds. The highest BCUT2D eigenvalue weighted by Crippen LogP contribution is 2.22. The summed E-state index contributed by atoms with van der Waals surface area (Å²) >= 11 is 0. The van der Waals surface area contributed by atoms with Gasteiger partial charge in [-0.3, -0.25) is 14.6 Å². The van der Waals surface area contributed by atoms with E-state index in [0.29, 0.717) is 12.0 Å². The van der Waals surface area contributed by atoms with E-state index in [4.69, 9.17) is 5.11 Å². The second-order valence-corrected chi connectivity index (χ2v) is 5.86. The second-order valence-electron chi connectivity index (χ2n) is 5.86. The fraction of sp³-hybridized carbons (Fsp3) is 0.562. The lowest BCUT2D eigenvalue weighted by Crippen LogP contribution is -2.49. The Morgan fingerprint density at radius 3 is 2.70 bits per heavy atom. The van der Waals surface area contributed by atoms with Crippen LogP contribution >= 0.6 is 0 Å². The van der Waals surface area contributed by atoms with Gasteiger partial charge in [-0.15, -0.1) is 0 Å². The number of nitrogens with zero attached hydrogens (tertiary/aromatic N) is 2. The first-order valence-electron chi connectivity index (χ1n) is 7.24. The summed E-state index contributed by atoms with van der Waals surface area (Å²) < 4.78 is 0. The smallest absolute Gasteiger partial charge is 0.317 e. The summed E-state index contributed by atoms with van der Waals surface area (Å²) in [7, 11) is 1.92. The lowest BCUT2D eigenvalue weighted by atomic mass is 9.92. The average molecular weight is 276 g/mol. The lowest BCUT2D eigenvalue weighted by molar-refractivity contribution is -0.139. The van der Waals surface area contributed by atoms with Crippen LogP contribution < -0.4 is 0 Å². The molecule has 110 valence electrons. The first-order valence-corrected chi connectivity index (χ1v) is 7.24. The van der Waals surface area contributed by atoms with Crippen LogP contribution in [0.2, 0.25) is 0 Å². The first-order chi connectivity index (χ1) is 9.56. The van der Waals surface area contributed by atoms with Crippen LogP contribution in [0.3, 0.4) is 0 Å². The van der Waals surface area contributed by atoms with E-state index in [1.54, 1.807) is 0 Å². The van der Waals surface area contributed by atoms with Gasteiger partial charge in [-0.1, -0.05) is 37.3 Å². The minimum atomic E-state index is -0.744. The van der Waals surface area contributed by atoms with E-state index in [9.17, 15) is 4.79 Å². The maximum atomic E-state index is 10.8. The second kappa shape index (κ2) is 6.86. The van der Waals surface area contributed by atoms with Crippen molar-refractivity contribution >= 4 is 5.97 Å². The molecule has 2 rings (SSSR count). The molecule has 0 saturated carbocycles. The number of hydrogen-bond donors (Lipinski definition) is 1. The Morgan fingerprint density at radius 2 is 2.10 bits per heavy atom. The SMILES string of the molecule is C[C@@H]1CN(Cc2ccccc2)CC[C@H]1N(C)CC(=O)O. The van der Waals surface area contributed by atoms with Crippen molar-refractivity contribution in [2.75, 3.05) is 26.7 Å². The molecule has 1 aromatic rings. The van der Waals surface area contributed by atoms with Crippen LogP contribution in [0.4, 0.5) is 0 Å². The normalized spacial score (nSPS) is 23.9. The Morgan fingerprint density at radius 1 is 1.40 bits per heavy atom. The van der Waals surface area contributed by atoms with Crippen molar-refractivity contribution in [3.63, 3.8) is 0 Å². The summed E-state index contributed by atoms with van der Waals surface area (Å²) in [5.41, 5.74) is 1.34. The molecule has 20 heavy (non-hydrogen) atoms. The highest BCUT2D eigenvalue weighted by Gasteiger charge is 2.29. The van der Waals surface area contributed by atoms with Crippen LogP contribution in [0.1, 0.15) is 18.9 Å². The number of carbonyl (C=O) groups is 1. The monoisotopic (exact) mass is 276 g/mol. The van der Waals surface area contributed by atoms with Gasteiger partial charge < -0.3 is 5.11 Å². The van der Waals surface area contributed by atoms with Crippen LogP contribution in [0.15, 0.2) is 30.3 Å². The number of likely N-dealkylation sites (N-methyl/N-ethyl adjacent to an activating group) is 1. The van der Waals surface area contributed by atoms with Gasteiger partial charge in [-0.25, -0.2) is 0 Å². The van der Waals surface area contributed by atoms with Gasteiger partial charge in [0, 0.05) is 19.1 Å². The minimum Gasteiger partial charge on any atom is -0.480 e. The largest absolute Gasteiger partial charge is 0.480 e. The third kappa shape index (κ3) is 4.05. The first kappa shape index (κ1) is 15.0.